The van der Waals surface area contributed by atoms with Crippen molar-refractivity contribution in [2.75, 3.05) is 6.61 Å². The van der Waals surface area contributed by atoms with Gasteiger partial charge in [-0.1, -0.05) is 0 Å². The van der Waals surface area contributed by atoms with Crippen molar-refractivity contribution in [3.63, 3.8) is 0 Å². The molecule has 21 heavy (non-hydrogen) atoms. The molecule has 0 aliphatic carbocycles. The number of aryl methyl sites for hydroxylation is 1. The number of carboxylic acids is 1. The Balaban J connectivity index is 3.32. The van der Waals surface area contributed by atoms with E-state index >= 15 is 0 Å². The maximum atomic E-state index is 12.0. The van der Waals surface area contributed by atoms with E-state index < -0.39 is 38.5 Å². The van der Waals surface area contributed by atoms with Gasteiger partial charge in [0, 0.05) is 11.6 Å². The largest absolute Gasteiger partial charge is 0.480 e. The molecule has 1 atom stereocenters. The SMILES string of the molecule is Cc1cc(S(=O)(=O)N[C@H](CO)C(=O)O)cc([N+](=O)[O-])c1C. The van der Waals surface area contributed by atoms with E-state index in [0.29, 0.717) is 11.1 Å². The van der Waals surface area contributed by atoms with Gasteiger partial charge < -0.3 is 10.2 Å². The zero-order valence-electron chi connectivity index (χ0n) is 11.2. The van der Waals surface area contributed by atoms with E-state index in [1.165, 1.54) is 19.9 Å². The van der Waals surface area contributed by atoms with E-state index in [1.807, 2.05) is 0 Å². The molecule has 0 radical (unpaired) electrons. The van der Waals surface area contributed by atoms with Gasteiger partial charge in [0.2, 0.25) is 10.0 Å². The number of aliphatic carboxylic acids is 1. The van der Waals surface area contributed by atoms with Crippen LogP contribution in [-0.4, -0.2) is 42.2 Å². The number of carboxylic acid groups (broad SMARTS) is 1. The molecule has 10 heteroatoms. The summed E-state index contributed by atoms with van der Waals surface area (Å²) in [5.41, 5.74) is 0.308. The average Bonchev–Trinajstić information content (AvgIpc) is 2.38. The van der Waals surface area contributed by atoms with E-state index in [1.54, 1.807) is 4.72 Å². The molecule has 3 N–H and O–H groups in total. The lowest BCUT2D eigenvalue weighted by atomic mass is 10.1. The molecule has 1 rings (SSSR count). The number of carbonyl (C=O) groups is 1. The number of nitro groups is 1. The highest BCUT2D eigenvalue weighted by Gasteiger charge is 2.27. The fourth-order valence-electron chi connectivity index (χ4n) is 1.57. The predicted octanol–water partition coefficient (Wildman–Crippen LogP) is -0.0646. The molecule has 0 spiro atoms. The van der Waals surface area contributed by atoms with Crippen LogP contribution in [0.15, 0.2) is 17.0 Å². The van der Waals surface area contributed by atoms with Gasteiger partial charge in [0.15, 0.2) is 0 Å². The molecule has 116 valence electrons. The Hall–Kier alpha value is -2.04. The van der Waals surface area contributed by atoms with Gasteiger partial charge in [-0.15, -0.1) is 0 Å². The molecule has 0 aliphatic heterocycles. The predicted molar refractivity (Wildman–Crippen MR) is 71.4 cm³/mol. The molecule has 0 saturated heterocycles. The number of aliphatic hydroxyl groups excluding tert-OH is 1. The first-order chi connectivity index (χ1) is 9.60. The van der Waals surface area contributed by atoms with E-state index in [9.17, 15) is 23.3 Å². The van der Waals surface area contributed by atoms with E-state index in [0.717, 1.165) is 6.07 Å². The van der Waals surface area contributed by atoms with E-state index in [4.69, 9.17) is 10.2 Å². The molecule has 0 fully saturated rings. The van der Waals surface area contributed by atoms with E-state index in [-0.39, 0.29) is 5.69 Å². The summed E-state index contributed by atoms with van der Waals surface area (Å²) < 4.78 is 25.8. The number of nitro benzene ring substituents is 1. The minimum absolute atomic E-state index is 0.316. The molecule has 0 heterocycles. The molecule has 0 aliphatic rings. The Morgan fingerprint density at radius 2 is 2.00 bits per heavy atom. The summed E-state index contributed by atoms with van der Waals surface area (Å²) in [4.78, 5) is 20.5. The normalized spacial score (nSPS) is 12.9. The summed E-state index contributed by atoms with van der Waals surface area (Å²) in [5.74, 6) is -1.56. The average molecular weight is 318 g/mol. The number of hydrogen-bond acceptors (Lipinski definition) is 6. The third-order valence-electron chi connectivity index (χ3n) is 2.90. The van der Waals surface area contributed by atoms with Gasteiger partial charge in [-0.05, 0) is 25.5 Å². The third-order valence-corrected chi connectivity index (χ3v) is 4.35. The fourth-order valence-corrected chi connectivity index (χ4v) is 2.86. The first kappa shape index (κ1) is 17.0. The van der Waals surface area contributed by atoms with Crippen LogP contribution in [0, 0.1) is 24.0 Å². The molecule has 0 saturated carbocycles. The number of rotatable bonds is 6. The van der Waals surface area contributed by atoms with Crippen LogP contribution in [0.5, 0.6) is 0 Å². The highest BCUT2D eigenvalue weighted by molar-refractivity contribution is 7.89. The summed E-state index contributed by atoms with van der Waals surface area (Å²) in [6.07, 6.45) is 0. The quantitative estimate of drug-likeness (QED) is 0.491. The lowest BCUT2D eigenvalue weighted by Gasteiger charge is -2.13. The second-order valence-corrected chi connectivity index (χ2v) is 6.05. The van der Waals surface area contributed by atoms with Crippen LogP contribution >= 0.6 is 0 Å². The Bertz CT molecular complexity index is 684. The smallest absolute Gasteiger partial charge is 0.324 e. The molecule has 0 bridgehead atoms. The maximum Gasteiger partial charge on any atom is 0.324 e. The summed E-state index contributed by atoms with van der Waals surface area (Å²) in [5, 5.41) is 28.5. The van der Waals surface area contributed by atoms with Crippen LogP contribution in [0.3, 0.4) is 0 Å². The standard InChI is InChI=1S/C11H14N2O7S/c1-6-3-8(4-10(7(6)2)13(17)18)21(19,20)12-9(5-14)11(15)16/h3-4,9,12,14H,5H2,1-2H3,(H,15,16)/t9-/m1/s1. The lowest BCUT2D eigenvalue weighted by molar-refractivity contribution is -0.385. The summed E-state index contributed by atoms with van der Waals surface area (Å²) >= 11 is 0. The van der Waals surface area contributed by atoms with Crippen molar-refractivity contribution in [1.82, 2.24) is 4.72 Å². The lowest BCUT2D eigenvalue weighted by Crippen LogP contribution is -2.43. The molecule has 0 aromatic heterocycles. The van der Waals surface area contributed by atoms with Gasteiger partial charge in [-0.3, -0.25) is 14.9 Å². The number of nitrogens with one attached hydrogen (secondary N) is 1. The molecule has 9 nitrogen and oxygen atoms in total. The maximum absolute atomic E-state index is 12.0. The van der Waals surface area contributed by atoms with Crippen molar-refractivity contribution in [3.05, 3.63) is 33.4 Å². The second kappa shape index (κ2) is 6.16. The molecule has 1 aromatic rings. The van der Waals surface area contributed by atoms with Crippen LogP contribution in [0.2, 0.25) is 0 Å². The van der Waals surface area contributed by atoms with Gasteiger partial charge in [0.25, 0.3) is 5.69 Å². The van der Waals surface area contributed by atoms with Gasteiger partial charge >= 0.3 is 5.97 Å². The minimum Gasteiger partial charge on any atom is -0.480 e. The monoisotopic (exact) mass is 318 g/mol. The van der Waals surface area contributed by atoms with Gasteiger partial charge in [-0.25, -0.2) is 8.42 Å². The summed E-state index contributed by atoms with van der Waals surface area (Å²) in [7, 11) is -4.31. The highest BCUT2D eigenvalue weighted by Crippen LogP contribution is 2.25. The van der Waals surface area contributed by atoms with Crippen molar-refractivity contribution in [2.45, 2.75) is 24.8 Å². The Morgan fingerprint density at radius 1 is 1.43 bits per heavy atom. The summed E-state index contributed by atoms with van der Waals surface area (Å²) in [6, 6.07) is 0.317. The second-order valence-electron chi connectivity index (χ2n) is 4.34. The molecule has 1 aromatic carbocycles. The third kappa shape index (κ3) is 3.74. The number of hydrogen-bond donors (Lipinski definition) is 3. The number of nitrogens with zero attached hydrogens (tertiary/aromatic N) is 1. The number of sulfonamides is 1. The Kier molecular flexibility index (Phi) is 4.99. The van der Waals surface area contributed by atoms with E-state index in [2.05, 4.69) is 0 Å². The van der Waals surface area contributed by atoms with Gasteiger partial charge in [-0.2, -0.15) is 4.72 Å². The topological polar surface area (TPSA) is 147 Å². The van der Waals surface area contributed by atoms with Crippen LogP contribution < -0.4 is 4.72 Å². The van der Waals surface area contributed by atoms with Crippen LogP contribution in [0.1, 0.15) is 11.1 Å². The first-order valence-corrected chi connectivity index (χ1v) is 7.20. The highest BCUT2D eigenvalue weighted by atomic mass is 32.2. The van der Waals surface area contributed by atoms with Crippen molar-refractivity contribution in [3.8, 4) is 0 Å². The van der Waals surface area contributed by atoms with Crippen LogP contribution in [-0.2, 0) is 14.8 Å². The molecule has 0 unspecified atom stereocenters. The summed E-state index contributed by atoms with van der Waals surface area (Å²) in [6.45, 7) is 2.04. The molecular formula is C11H14N2O7S. The van der Waals surface area contributed by atoms with Crippen molar-refractivity contribution < 1.29 is 28.3 Å². The number of benzene rings is 1. The van der Waals surface area contributed by atoms with Crippen molar-refractivity contribution in [2.24, 2.45) is 0 Å². The van der Waals surface area contributed by atoms with Crippen molar-refractivity contribution >= 4 is 21.7 Å². The first-order valence-electron chi connectivity index (χ1n) is 5.71. The van der Waals surface area contributed by atoms with Gasteiger partial charge in [0.1, 0.15) is 6.04 Å². The molecule has 0 amide bonds. The Morgan fingerprint density at radius 3 is 2.43 bits per heavy atom. The van der Waals surface area contributed by atoms with Gasteiger partial charge in [0.05, 0.1) is 16.4 Å². The number of aliphatic hydroxyl groups is 1. The minimum atomic E-state index is -4.31. The zero-order valence-corrected chi connectivity index (χ0v) is 12.0. The zero-order chi connectivity index (χ0) is 16.4. The van der Waals surface area contributed by atoms with Crippen LogP contribution in [0.4, 0.5) is 5.69 Å². The molecular weight excluding hydrogens is 304 g/mol. The fraction of sp³-hybridized carbons (Fsp3) is 0.364. The van der Waals surface area contributed by atoms with Crippen molar-refractivity contribution in [1.29, 1.82) is 0 Å². The Labute approximate surface area is 120 Å². The van der Waals surface area contributed by atoms with Crippen LogP contribution in [0.25, 0.3) is 0 Å².